The Bertz CT molecular complexity index is 535. The van der Waals surface area contributed by atoms with Gasteiger partial charge in [0.2, 0.25) is 0 Å². The number of unbranched alkanes of at least 4 members (excludes halogenated alkanes) is 13. The van der Waals surface area contributed by atoms with E-state index in [1.807, 2.05) is 0 Å². The Hall–Kier alpha value is -0.950. The molecule has 0 aliphatic carbocycles. The second-order valence-corrected chi connectivity index (χ2v) is 9.92. The maximum absolute atomic E-state index is 12.1. The molecule has 0 saturated carbocycles. The van der Waals surface area contributed by atoms with Gasteiger partial charge in [-0.05, 0) is 12.8 Å². The van der Waals surface area contributed by atoms with Gasteiger partial charge in [-0.25, -0.2) is 4.57 Å². The summed E-state index contributed by atoms with van der Waals surface area (Å²) in [7, 11) is -4.72. The minimum absolute atomic E-state index is 0.217. The first-order chi connectivity index (χ1) is 15.8. The highest BCUT2D eigenvalue weighted by Gasteiger charge is 2.22. The molecule has 0 aromatic heterocycles. The van der Waals surface area contributed by atoms with Crippen LogP contribution < -0.4 is 0 Å². The van der Waals surface area contributed by atoms with E-state index in [1.165, 1.54) is 38.5 Å². The lowest BCUT2D eigenvalue weighted by atomic mass is 10.1. The Labute approximate surface area is 200 Å². The van der Waals surface area contributed by atoms with E-state index in [-0.39, 0.29) is 19.4 Å². The van der Waals surface area contributed by atoms with Crippen LogP contribution in [0.1, 0.15) is 123 Å². The van der Waals surface area contributed by atoms with Gasteiger partial charge in [-0.2, -0.15) is 0 Å². The van der Waals surface area contributed by atoms with Crippen LogP contribution in [0.3, 0.4) is 0 Å². The summed E-state index contributed by atoms with van der Waals surface area (Å²) in [5.74, 6) is -0.900. The number of ether oxygens (including phenoxy) is 2. The van der Waals surface area contributed by atoms with Crippen LogP contribution in [0.25, 0.3) is 0 Å². The smallest absolute Gasteiger partial charge is 0.462 e. The first-order valence-corrected chi connectivity index (χ1v) is 14.4. The molecule has 0 spiro atoms. The predicted octanol–water partition coefficient (Wildman–Crippen LogP) is 6.22. The van der Waals surface area contributed by atoms with Crippen molar-refractivity contribution in [2.75, 3.05) is 13.2 Å². The zero-order valence-electron chi connectivity index (χ0n) is 20.8. The van der Waals surface area contributed by atoms with Crippen LogP contribution in [-0.2, 0) is 28.2 Å². The van der Waals surface area contributed by atoms with Crippen LogP contribution in [0.2, 0.25) is 0 Å². The molecule has 0 aromatic carbocycles. The predicted molar refractivity (Wildman–Crippen MR) is 129 cm³/mol. The van der Waals surface area contributed by atoms with Gasteiger partial charge in [-0.3, -0.25) is 14.1 Å². The first-order valence-electron chi connectivity index (χ1n) is 12.8. The standard InChI is InChI=1S/C24H47O8P/c1-3-5-7-9-10-11-12-13-15-17-19-24(26)32-22(21-31-33(27,28)29)20-30-23(25)18-16-14-8-6-4-2/h22H,3-21H2,1-2H3,(H2,27,28,29). The summed E-state index contributed by atoms with van der Waals surface area (Å²) in [4.78, 5) is 41.8. The summed E-state index contributed by atoms with van der Waals surface area (Å²) < 4.78 is 25.8. The average molecular weight is 495 g/mol. The van der Waals surface area contributed by atoms with Gasteiger partial charge in [0.25, 0.3) is 0 Å². The summed E-state index contributed by atoms with van der Waals surface area (Å²) >= 11 is 0. The first kappa shape index (κ1) is 32.0. The topological polar surface area (TPSA) is 119 Å². The van der Waals surface area contributed by atoms with E-state index >= 15 is 0 Å². The van der Waals surface area contributed by atoms with Gasteiger partial charge in [0.15, 0.2) is 6.10 Å². The highest BCUT2D eigenvalue weighted by molar-refractivity contribution is 7.46. The number of esters is 2. The van der Waals surface area contributed by atoms with Crippen LogP contribution in [0.4, 0.5) is 0 Å². The van der Waals surface area contributed by atoms with E-state index in [0.717, 1.165) is 51.4 Å². The van der Waals surface area contributed by atoms with Crippen molar-refractivity contribution in [2.45, 2.75) is 129 Å². The monoisotopic (exact) mass is 494 g/mol. The van der Waals surface area contributed by atoms with E-state index in [0.29, 0.717) is 6.42 Å². The van der Waals surface area contributed by atoms with Crippen LogP contribution in [0, 0.1) is 0 Å². The van der Waals surface area contributed by atoms with Crippen molar-refractivity contribution in [3.05, 3.63) is 0 Å². The molecule has 0 radical (unpaired) electrons. The third kappa shape index (κ3) is 24.0. The number of rotatable bonds is 23. The summed E-state index contributed by atoms with van der Waals surface area (Å²) in [6.45, 7) is 3.52. The molecule has 2 N–H and O–H groups in total. The van der Waals surface area contributed by atoms with Crippen molar-refractivity contribution in [3.63, 3.8) is 0 Å². The summed E-state index contributed by atoms with van der Waals surface area (Å²) in [6, 6.07) is 0. The Morgan fingerprint density at radius 2 is 1.09 bits per heavy atom. The molecule has 0 saturated heterocycles. The number of phosphoric ester groups is 1. The van der Waals surface area contributed by atoms with Crippen LogP contribution in [0.5, 0.6) is 0 Å². The molecule has 0 heterocycles. The fourth-order valence-electron chi connectivity index (χ4n) is 3.43. The van der Waals surface area contributed by atoms with Gasteiger partial charge in [0.05, 0.1) is 6.61 Å². The summed E-state index contributed by atoms with van der Waals surface area (Å²) in [6.07, 6.45) is 15.9. The highest BCUT2D eigenvalue weighted by Crippen LogP contribution is 2.35. The summed E-state index contributed by atoms with van der Waals surface area (Å²) in [5.41, 5.74) is 0. The third-order valence-electron chi connectivity index (χ3n) is 5.38. The number of carbonyl (C=O) groups excluding carboxylic acids is 2. The zero-order chi connectivity index (χ0) is 24.8. The molecule has 0 rings (SSSR count). The van der Waals surface area contributed by atoms with Gasteiger partial charge in [-0.1, -0.05) is 97.3 Å². The molecule has 1 atom stereocenters. The normalized spacial score (nSPS) is 12.5. The quantitative estimate of drug-likeness (QED) is 0.0975. The van der Waals surface area contributed by atoms with Crippen LogP contribution in [-0.4, -0.2) is 41.0 Å². The van der Waals surface area contributed by atoms with Crippen molar-refractivity contribution < 1.29 is 37.9 Å². The second-order valence-electron chi connectivity index (χ2n) is 8.68. The molecule has 0 bridgehead atoms. The van der Waals surface area contributed by atoms with E-state index < -0.39 is 32.5 Å². The third-order valence-corrected chi connectivity index (χ3v) is 5.86. The minimum atomic E-state index is -4.72. The maximum atomic E-state index is 12.1. The molecule has 0 aliphatic heterocycles. The van der Waals surface area contributed by atoms with Gasteiger partial charge >= 0.3 is 19.8 Å². The lowest BCUT2D eigenvalue weighted by Crippen LogP contribution is -2.29. The molecule has 0 amide bonds. The van der Waals surface area contributed by atoms with Crippen LogP contribution in [0.15, 0.2) is 0 Å². The second kappa shape index (κ2) is 21.6. The van der Waals surface area contributed by atoms with Crippen molar-refractivity contribution >= 4 is 19.8 Å². The lowest BCUT2D eigenvalue weighted by Gasteiger charge is -2.18. The van der Waals surface area contributed by atoms with Crippen molar-refractivity contribution in [2.24, 2.45) is 0 Å². The van der Waals surface area contributed by atoms with E-state index in [4.69, 9.17) is 19.3 Å². The molecule has 0 aromatic rings. The molecule has 1 unspecified atom stereocenters. The van der Waals surface area contributed by atoms with E-state index in [9.17, 15) is 14.2 Å². The van der Waals surface area contributed by atoms with E-state index in [2.05, 4.69) is 18.4 Å². The fourth-order valence-corrected chi connectivity index (χ4v) is 3.79. The Balaban J connectivity index is 4.11. The molecule has 196 valence electrons. The molecule has 8 nitrogen and oxygen atoms in total. The Morgan fingerprint density at radius 1 is 0.667 bits per heavy atom. The SMILES string of the molecule is CCCCCCCCCCCCC(=O)OC(COC(=O)CCCCCCC)COP(=O)(O)O. The highest BCUT2D eigenvalue weighted by atomic mass is 31.2. The molecular formula is C24H47O8P. The molecule has 33 heavy (non-hydrogen) atoms. The molecule has 0 aliphatic rings. The molecule has 9 heteroatoms. The van der Waals surface area contributed by atoms with Crippen molar-refractivity contribution in [1.82, 2.24) is 0 Å². The fraction of sp³-hybridized carbons (Fsp3) is 0.917. The van der Waals surface area contributed by atoms with Crippen LogP contribution >= 0.6 is 7.82 Å². The number of hydrogen-bond acceptors (Lipinski definition) is 6. The molecular weight excluding hydrogens is 447 g/mol. The minimum Gasteiger partial charge on any atom is -0.462 e. The van der Waals surface area contributed by atoms with Gasteiger partial charge in [0.1, 0.15) is 6.61 Å². The van der Waals surface area contributed by atoms with E-state index in [1.54, 1.807) is 0 Å². The number of phosphoric acid groups is 1. The lowest BCUT2D eigenvalue weighted by molar-refractivity contribution is -0.161. The number of hydrogen-bond donors (Lipinski definition) is 2. The van der Waals surface area contributed by atoms with Gasteiger partial charge in [0, 0.05) is 12.8 Å². The molecule has 0 fully saturated rings. The number of carbonyl (C=O) groups is 2. The maximum Gasteiger partial charge on any atom is 0.469 e. The Kier molecular flexibility index (Phi) is 21.0. The summed E-state index contributed by atoms with van der Waals surface area (Å²) in [5, 5.41) is 0. The average Bonchev–Trinajstić information content (AvgIpc) is 2.76. The largest absolute Gasteiger partial charge is 0.469 e. The van der Waals surface area contributed by atoms with Gasteiger partial charge in [-0.15, -0.1) is 0 Å². The van der Waals surface area contributed by atoms with Gasteiger partial charge < -0.3 is 19.3 Å². The zero-order valence-corrected chi connectivity index (χ0v) is 21.7. The Morgan fingerprint density at radius 3 is 1.55 bits per heavy atom. The van der Waals surface area contributed by atoms with Crippen molar-refractivity contribution in [1.29, 1.82) is 0 Å². The van der Waals surface area contributed by atoms with Crippen molar-refractivity contribution in [3.8, 4) is 0 Å².